The van der Waals surface area contributed by atoms with Crippen LogP contribution in [0.1, 0.15) is 41.5 Å². The van der Waals surface area contributed by atoms with Crippen LogP contribution in [0.3, 0.4) is 0 Å². The van der Waals surface area contributed by atoms with Crippen LogP contribution in [0, 0.1) is 17.8 Å². The smallest absolute Gasteiger partial charge is 0.147 e. The average Bonchev–Trinajstić information content (AvgIpc) is 1.80. The zero-order valence-electron chi connectivity index (χ0n) is 10.8. The molecule has 2 heteroatoms. The van der Waals surface area contributed by atoms with Crippen LogP contribution in [0.5, 0.6) is 0 Å². The summed E-state index contributed by atoms with van der Waals surface area (Å²) in [6, 6.07) is 0. The van der Waals surface area contributed by atoms with Crippen LogP contribution in [0.2, 0.25) is 15.8 Å². The van der Waals surface area contributed by atoms with Crippen molar-refractivity contribution in [2.45, 2.75) is 57.3 Å². The fourth-order valence-corrected chi connectivity index (χ4v) is 10.3. The van der Waals surface area contributed by atoms with Gasteiger partial charge in [0.1, 0.15) is 0 Å². The molecular weight excluding hydrogens is 252 g/mol. The molecule has 0 heterocycles. The molecule has 0 fully saturated rings. The van der Waals surface area contributed by atoms with Crippen LogP contribution in [-0.4, -0.2) is 14.3 Å². The van der Waals surface area contributed by atoms with Crippen molar-refractivity contribution in [1.82, 2.24) is 0 Å². The molecule has 0 amide bonds. The Morgan fingerprint density at radius 3 is 1.00 bits per heavy atom. The maximum atomic E-state index is 2.38. The molecule has 87 valence electrons. The van der Waals surface area contributed by atoms with Gasteiger partial charge in [-0.05, 0) is 0 Å². The van der Waals surface area contributed by atoms with E-state index in [1.807, 2.05) is 0 Å². The van der Waals surface area contributed by atoms with Gasteiger partial charge in [0, 0.05) is 0 Å². The van der Waals surface area contributed by atoms with E-state index in [0.29, 0.717) is 0 Å². The molecule has 0 aliphatic heterocycles. The van der Waals surface area contributed by atoms with Crippen molar-refractivity contribution in [3.8, 4) is 0 Å². The van der Waals surface area contributed by atoms with E-state index in [0.717, 1.165) is 17.8 Å². The van der Waals surface area contributed by atoms with Crippen molar-refractivity contribution < 1.29 is 0 Å². The minimum atomic E-state index is -0.681. The first-order chi connectivity index (χ1) is 5.91. The molecule has 0 aromatic heterocycles. The van der Waals surface area contributed by atoms with Crippen LogP contribution >= 0.6 is 12.4 Å². The van der Waals surface area contributed by atoms with Gasteiger partial charge in [-0.1, -0.05) is 0 Å². The second-order valence-corrected chi connectivity index (χ2v) is 11.3. The van der Waals surface area contributed by atoms with Crippen LogP contribution < -0.4 is 0 Å². The van der Waals surface area contributed by atoms with Gasteiger partial charge in [0.05, 0.1) is 0 Å². The van der Waals surface area contributed by atoms with Gasteiger partial charge in [-0.2, -0.15) is 0 Å². The maximum Gasteiger partial charge on any atom is -0.147 e. The molecule has 0 N–H and O–H groups in total. The zero-order chi connectivity index (χ0) is 10.4. The summed E-state index contributed by atoms with van der Waals surface area (Å²) < 4.78 is 0. The molecule has 14 heavy (non-hydrogen) atoms. The Labute approximate surface area is 102 Å². The minimum Gasteiger partial charge on any atom is -0.147 e. The summed E-state index contributed by atoms with van der Waals surface area (Å²) in [4.78, 5) is 0. The third-order valence-electron chi connectivity index (χ3n) is 2.09. The van der Waals surface area contributed by atoms with Gasteiger partial charge in [-0.3, -0.25) is 0 Å². The van der Waals surface area contributed by atoms with E-state index in [1.165, 1.54) is 0 Å². The number of halogens is 1. The predicted octanol–water partition coefficient (Wildman–Crippen LogP) is 4.87. The molecule has 0 aliphatic carbocycles. The Hall–Kier alpha value is 0.833. The Morgan fingerprint density at radius 1 is 0.643 bits per heavy atom. The van der Waals surface area contributed by atoms with Gasteiger partial charge >= 0.3 is 89.4 Å². The van der Waals surface area contributed by atoms with E-state index in [2.05, 4.69) is 41.5 Å². The zero-order valence-corrected chi connectivity index (χ0v) is 13.7. The van der Waals surface area contributed by atoms with E-state index in [4.69, 9.17) is 0 Å². The fourth-order valence-electron chi connectivity index (χ4n) is 1.98. The molecule has 0 saturated heterocycles. The van der Waals surface area contributed by atoms with Crippen molar-refractivity contribution in [3.63, 3.8) is 0 Å². The van der Waals surface area contributed by atoms with Crippen LogP contribution in [-0.2, 0) is 0 Å². The molecule has 0 aromatic rings. The summed E-state index contributed by atoms with van der Waals surface area (Å²) in [5, 5.41) is 4.74. The van der Waals surface area contributed by atoms with Crippen LogP contribution in [0.15, 0.2) is 0 Å². The third kappa shape index (κ3) is 10.9. The van der Waals surface area contributed by atoms with Gasteiger partial charge in [0.2, 0.25) is 0 Å². The quantitative estimate of drug-likeness (QED) is 0.609. The van der Waals surface area contributed by atoms with Crippen molar-refractivity contribution in [1.29, 1.82) is 0 Å². The molecule has 1 radical (unpaired) electrons. The SMILES string of the molecule is CC(C)[CH2][Ge]([CH2]C(C)C)[CH2]C(C)C.Cl. The normalized spacial score (nSPS) is 11.6. The summed E-state index contributed by atoms with van der Waals surface area (Å²) >= 11 is -0.681. The third-order valence-corrected chi connectivity index (χ3v) is 10.9. The molecule has 0 saturated carbocycles. The number of rotatable bonds is 6. The summed E-state index contributed by atoms with van der Waals surface area (Å²) in [6.07, 6.45) is 0. The van der Waals surface area contributed by atoms with Crippen molar-refractivity contribution in [3.05, 3.63) is 0 Å². The van der Waals surface area contributed by atoms with E-state index in [9.17, 15) is 0 Å². The van der Waals surface area contributed by atoms with Gasteiger partial charge in [-0.25, -0.2) is 0 Å². The molecule has 0 spiro atoms. The molecule has 0 aliphatic rings. The number of hydrogen-bond acceptors (Lipinski definition) is 0. The maximum absolute atomic E-state index is 2.38. The summed E-state index contributed by atoms with van der Waals surface area (Å²) in [5.74, 6) is 2.81. The standard InChI is InChI=1S/C12H27Ge.ClH/c1-10(2)7-13(8-11(3)4)9-12(5)6;/h10-12H,7-9H2,1-6H3;1H. The Morgan fingerprint density at radius 2 is 0.857 bits per heavy atom. The fraction of sp³-hybridized carbons (Fsp3) is 1.00. The monoisotopic (exact) mass is 281 g/mol. The molecule has 0 unspecified atom stereocenters. The first-order valence-electron chi connectivity index (χ1n) is 5.75. The van der Waals surface area contributed by atoms with E-state index in [1.54, 1.807) is 15.8 Å². The Bertz CT molecular complexity index is 97.7. The van der Waals surface area contributed by atoms with Gasteiger partial charge in [0.15, 0.2) is 0 Å². The van der Waals surface area contributed by atoms with Crippen molar-refractivity contribution in [2.75, 3.05) is 0 Å². The van der Waals surface area contributed by atoms with Gasteiger partial charge < -0.3 is 0 Å². The van der Waals surface area contributed by atoms with Crippen molar-refractivity contribution in [2.24, 2.45) is 17.8 Å². The summed E-state index contributed by atoms with van der Waals surface area (Å²) in [5.41, 5.74) is 0. The van der Waals surface area contributed by atoms with Gasteiger partial charge in [0.25, 0.3) is 0 Å². The van der Waals surface area contributed by atoms with E-state index >= 15 is 0 Å². The van der Waals surface area contributed by atoms with Crippen LogP contribution in [0.4, 0.5) is 0 Å². The molecule has 0 atom stereocenters. The molecule has 0 aromatic carbocycles. The number of hydrogen-bond donors (Lipinski definition) is 0. The first-order valence-corrected chi connectivity index (χ1v) is 10.2. The first kappa shape index (κ1) is 17.2. The summed E-state index contributed by atoms with van der Waals surface area (Å²) in [6.45, 7) is 14.3. The minimum absolute atomic E-state index is 0. The second-order valence-electron chi connectivity index (χ2n) is 5.54. The van der Waals surface area contributed by atoms with E-state index in [-0.39, 0.29) is 12.4 Å². The topological polar surface area (TPSA) is 0 Å². The molecular formula is C12H28ClGe. The molecule has 0 bridgehead atoms. The average molecular weight is 280 g/mol. The molecule has 0 rings (SSSR count). The van der Waals surface area contributed by atoms with Gasteiger partial charge in [-0.15, -0.1) is 12.4 Å². The Kier molecular flexibility index (Phi) is 11.2. The largest absolute Gasteiger partial charge is 0.147 e. The molecule has 0 nitrogen and oxygen atoms in total. The predicted molar refractivity (Wildman–Crippen MR) is 71.9 cm³/mol. The van der Waals surface area contributed by atoms with Crippen molar-refractivity contribution >= 4 is 26.8 Å². The second kappa shape index (κ2) is 9.09. The summed E-state index contributed by atoms with van der Waals surface area (Å²) in [7, 11) is 0. The van der Waals surface area contributed by atoms with Crippen LogP contribution in [0.25, 0.3) is 0 Å². The Balaban J connectivity index is 0. The van der Waals surface area contributed by atoms with E-state index < -0.39 is 14.3 Å².